The summed E-state index contributed by atoms with van der Waals surface area (Å²) in [7, 11) is 0. The average molecular weight is 287 g/mol. The van der Waals surface area contributed by atoms with Gasteiger partial charge in [-0.25, -0.2) is 4.39 Å². The summed E-state index contributed by atoms with van der Waals surface area (Å²) in [5, 5.41) is 9.29. The maximum Gasteiger partial charge on any atom is 0.421 e. The highest BCUT2D eigenvalue weighted by Crippen LogP contribution is 2.42. The fraction of sp³-hybridized carbons (Fsp3) is 0.333. The van der Waals surface area contributed by atoms with Gasteiger partial charge in [-0.2, -0.15) is 13.2 Å². The van der Waals surface area contributed by atoms with Gasteiger partial charge in [0, 0.05) is 10.0 Å². The minimum Gasteiger partial charge on any atom is -0.376 e. The lowest BCUT2D eigenvalue weighted by Crippen LogP contribution is -2.40. The second kappa shape index (κ2) is 3.75. The second-order valence-electron chi connectivity index (χ2n) is 3.17. The van der Waals surface area contributed by atoms with E-state index in [0.29, 0.717) is 6.92 Å². The molecule has 0 fully saturated rings. The molecule has 1 aromatic carbocycles. The quantitative estimate of drug-likeness (QED) is 0.785. The van der Waals surface area contributed by atoms with Gasteiger partial charge in [-0.3, -0.25) is 0 Å². The highest BCUT2D eigenvalue weighted by Gasteiger charge is 2.53. The molecule has 0 radical (unpaired) electrons. The van der Waals surface area contributed by atoms with E-state index < -0.39 is 23.2 Å². The Labute approximate surface area is 91.9 Å². The van der Waals surface area contributed by atoms with Crippen LogP contribution >= 0.6 is 15.9 Å². The molecule has 6 heteroatoms. The third kappa shape index (κ3) is 2.15. The van der Waals surface area contributed by atoms with Crippen LogP contribution in [0, 0.1) is 5.82 Å². The number of alkyl halides is 3. The molecule has 0 aliphatic rings. The molecule has 1 N–H and O–H groups in total. The third-order valence-electron chi connectivity index (χ3n) is 2.00. The summed E-state index contributed by atoms with van der Waals surface area (Å²) in [5.74, 6) is -1.10. The molecule has 0 heterocycles. The fourth-order valence-electron chi connectivity index (χ4n) is 1.10. The summed E-state index contributed by atoms with van der Waals surface area (Å²) < 4.78 is 50.4. The number of halogens is 5. The Kier molecular flexibility index (Phi) is 3.11. The highest BCUT2D eigenvalue weighted by molar-refractivity contribution is 9.10. The van der Waals surface area contributed by atoms with Crippen LogP contribution in [0.1, 0.15) is 12.5 Å². The van der Waals surface area contributed by atoms with E-state index >= 15 is 0 Å². The Morgan fingerprint density at radius 1 is 1.27 bits per heavy atom. The van der Waals surface area contributed by atoms with Gasteiger partial charge in [-0.1, -0.05) is 22.0 Å². The lowest BCUT2D eigenvalue weighted by molar-refractivity contribution is -0.260. The third-order valence-corrected chi connectivity index (χ3v) is 2.66. The zero-order valence-corrected chi connectivity index (χ0v) is 9.16. The summed E-state index contributed by atoms with van der Waals surface area (Å²) in [6, 6.07) is 3.34. The summed E-state index contributed by atoms with van der Waals surface area (Å²) >= 11 is 2.78. The first-order chi connectivity index (χ1) is 6.68. The molecule has 0 aliphatic heterocycles. The van der Waals surface area contributed by atoms with Crippen LogP contribution < -0.4 is 0 Å². The molecule has 1 unspecified atom stereocenters. The van der Waals surface area contributed by atoms with Crippen molar-refractivity contribution >= 4 is 15.9 Å². The maximum absolute atomic E-state index is 13.2. The Hall–Kier alpha value is -0.620. The molecular weight excluding hydrogens is 280 g/mol. The molecular formula is C9H7BrF4O. The van der Waals surface area contributed by atoms with E-state index in [0.717, 1.165) is 6.07 Å². The van der Waals surface area contributed by atoms with Gasteiger partial charge < -0.3 is 5.11 Å². The Morgan fingerprint density at radius 3 is 2.20 bits per heavy atom. The summed E-state index contributed by atoms with van der Waals surface area (Å²) in [6.45, 7) is 0.510. The number of hydrogen-bond donors (Lipinski definition) is 1. The predicted octanol–water partition coefficient (Wildman–Crippen LogP) is 3.36. The molecule has 1 nitrogen and oxygen atoms in total. The molecule has 1 rings (SSSR count). The van der Waals surface area contributed by atoms with E-state index in [1.165, 1.54) is 12.1 Å². The van der Waals surface area contributed by atoms with Gasteiger partial charge in [-0.15, -0.1) is 0 Å². The first-order valence-electron chi connectivity index (χ1n) is 3.91. The predicted molar refractivity (Wildman–Crippen MR) is 49.7 cm³/mol. The molecule has 0 aliphatic carbocycles. The van der Waals surface area contributed by atoms with Crippen molar-refractivity contribution in [1.82, 2.24) is 0 Å². The zero-order chi connectivity index (χ0) is 11.9. The maximum atomic E-state index is 13.2. The molecule has 0 aromatic heterocycles. The van der Waals surface area contributed by atoms with Crippen LogP contribution in [0.25, 0.3) is 0 Å². The van der Waals surface area contributed by atoms with Gasteiger partial charge in [0.25, 0.3) is 0 Å². The number of aliphatic hydroxyl groups is 1. The molecule has 15 heavy (non-hydrogen) atoms. The van der Waals surface area contributed by atoms with E-state index in [4.69, 9.17) is 0 Å². The summed E-state index contributed by atoms with van der Waals surface area (Å²) in [5.41, 5.74) is -4.02. The van der Waals surface area contributed by atoms with Crippen molar-refractivity contribution in [1.29, 1.82) is 0 Å². The van der Waals surface area contributed by atoms with Crippen LogP contribution in [-0.4, -0.2) is 11.3 Å². The van der Waals surface area contributed by atoms with Crippen molar-refractivity contribution in [2.45, 2.75) is 18.7 Å². The van der Waals surface area contributed by atoms with E-state index in [2.05, 4.69) is 15.9 Å². The fourth-order valence-corrected chi connectivity index (χ4v) is 1.83. The van der Waals surface area contributed by atoms with E-state index in [1.807, 2.05) is 0 Å². The van der Waals surface area contributed by atoms with Gasteiger partial charge >= 0.3 is 6.18 Å². The van der Waals surface area contributed by atoms with Gasteiger partial charge in [0.05, 0.1) is 0 Å². The van der Waals surface area contributed by atoms with E-state index in [1.54, 1.807) is 0 Å². The first-order valence-corrected chi connectivity index (χ1v) is 4.71. The van der Waals surface area contributed by atoms with Crippen LogP contribution in [0.2, 0.25) is 0 Å². The second-order valence-corrected chi connectivity index (χ2v) is 4.02. The molecule has 0 amide bonds. The van der Waals surface area contributed by atoms with Crippen molar-refractivity contribution < 1.29 is 22.7 Å². The Bertz CT molecular complexity index is 353. The highest BCUT2D eigenvalue weighted by atomic mass is 79.9. The Morgan fingerprint density at radius 2 is 1.80 bits per heavy atom. The lowest BCUT2D eigenvalue weighted by Gasteiger charge is -2.27. The van der Waals surface area contributed by atoms with Crippen molar-refractivity contribution in [3.8, 4) is 0 Å². The minimum atomic E-state index is -4.93. The van der Waals surface area contributed by atoms with E-state index in [-0.39, 0.29) is 4.47 Å². The lowest BCUT2D eigenvalue weighted by atomic mass is 9.95. The van der Waals surface area contributed by atoms with Gasteiger partial charge in [0.2, 0.25) is 0 Å². The standard InChI is InChI=1S/C9H7BrF4O/c1-8(15,9(12,13)14)7-5(10)3-2-4-6(7)11/h2-4,15H,1H3. The number of rotatable bonds is 1. The van der Waals surface area contributed by atoms with Gasteiger partial charge in [-0.05, 0) is 19.1 Å². The molecule has 0 spiro atoms. The Balaban J connectivity index is 3.39. The number of hydrogen-bond acceptors (Lipinski definition) is 1. The van der Waals surface area contributed by atoms with Crippen LogP contribution in [-0.2, 0) is 5.60 Å². The van der Waals surface area contributed by atoms with Crippen molar-refractivity contribution in [2.75, 3.05) is 0 Å². The monoisotopic (exact) mass is 286 g/mol. The SMILES string of the molecule is CC(O)(c1c(F)cccc1Br)C(F)(F)F. The molecule has 0 saturated heterocycles. The first kappa shape index (κ1) is 12.4. The van der Waals surface area contributed by atoms with Gasteiger partial charge in [0.1, 0.15) is 5.82 Å². The topological polar surface area (TPSA) is 20.2 Å². The number of benzene rings is 1. The normalized spacial score (nSPS) is 16.2. The van der Waals surface area contributed by atoms with Crippen molar-refractivity contribution in [3.05, 3.63) is 34.1 Å². The van der Waals surface area contributed by atoms with Crippen LogP contribution in [0.15, 0.2) is 22.7 Å². The summed E-state index contributed by atoms with van der Waals surface area (Å²) in [6.07, 6.45) is -4.93. The van der Waals surface area contributed by atoms with Crippen LogP contribution in [0.3, 0.4) is 0 Å². The molecule has 1 aromatic rings. The molecule has 1 atom stereocenters. The molecule has 84 valence electrons. The molecule has 0 saturated carbocycles. The van der Waals surface area contributed by atoms with Crippen molar-refractivity contribution in [2.24, 2.45) is 0 Å². The zero-order valence-electron chi connectivity index (χ0n) is 7.57. The summed E-state index contributed by atoms with van der Waals surface area (Å²) in [4.78, 5) is 0. The van der Waals surface area contributed by atoms with E-state index in [9.17, 15) is 22.7 Å². The minimum absolute atomic E-state index is 0.121. The average Bonchev–Trinajstić information content (AvgIpc) is 2.00. The van der Waals surface area contributed by atoms with Gasteiger partial charge in [0.15, 0.2) is 5.60 Å². The van der Waals surface area contributed by atoms with Crippen LogP contribution in [0.4, 0.5) is 17.6 Å². The van der Waals surface area contributed by atoms with Crippen LogP contribution in [0.5, 0.6) is 0 Å². The molecule has 0 bridgehead atoms. The smallest absolute Gasteiger partial charge is 0.376 e. The van der Waals surface area contributed by atoms with Crippen molar-refractivity contribution in [3.63, 3.8) is 0 Å². The largest absolute Gasteiger partial charge is 0.421 e.